The lowest BCUT2D eigenvalue weighted by molar-refractivity contribution is 0.0623. The first kappa shape index (κ1) is 10.8. The molecule has 1 saturated heterocycles. The Morgan fingerprint density at radius 3 is 3.06 bits per heavy atom. The van der Waals surface area contributed by atoms with Crippen molar-refractivity contribution in [3.8, 4) is 0 Å². The highest BCUT2D eigenvalue weighted by atomic mass is 16.5. The molecule has 0 aromatic carbocycles. The van der Waals surface area contributed by atoms with Crippen LogP contribution in [0, 0.1) is 5.92 Å². The molecule has 1 saturated carbocycles. The zero-order valence-electron chi connectivity index (χ0n) is 10.1. The van der Waals surface area contributed by atoms with Gasteiger partial charge in [-0.15, -0.1) is 0 Å². The molecule has 0 radical (unpaired) electrons. The second kappa shape index (κ2) is 4.17. The van der Waals surface area contributed by atoms with Crippen molar-refractivity contribution < 1.29 is 9.32 Å². The Bertz CT molecular complexity index is 402. The zero-order chi connectivity index (χ0) is 11.8. The van der Waals surface area contributed by atoms with Gasteiger partial charge in [-0.1, -0.05) is 18.0 Å². The molecule has 0 N–H and O–H groups in total. The summed E-state index contributed by atoms with van der Waals surface area (Å²) in [5.41, 5.74) is 0.447. The maximum Gasteiger partial charge on any atom is 0.276 e. The van der Waals surface area contributed by atoms with E-state index in [1.807, 2.05) is 4.90 Å². The van der Waals surface area contributed by atoms with Crippen LogP contribution >= 0.6 is 0 Å². The number of hydrogen-bond acceptors (Lipinski definition) is 3. The van der Waals surface area contributed by atoms with E-state index in [2.05, 4.69) is 12.1 Å². The summed E-state index contributed by atoms with van der Waals surface area (Å²) in [5, 5.41) is 3.77. The Kier molecular flexibility index (Phi) is 2.65. The van der Waals surface area contributed by atoms with Gasteiger partial charge in [0.05, 0.1) is 0 Å². The molecule has 0 bridgehead atoms. The van der Waals surface area contributed by atoms with Crippen molar-refractivity contribution in [3.63, 3.8) is 0 Å². The number of carbonyl (C=O) groups excluding carboxylic acids is 1. The van der Waals surface area contributed by atoms with Gasteiger partial charge >= 0.3 is 0 Å². The standard InChI is InChI=1S/C13H18N2O2/c1-9-8-10-4-2-3-5-12(10)15(9)13(16)11-6-7-17-14-11/h6-7,9-10,12H,2-5,8H2,1H3. The molecule has 4 nitrogen and oxygen atoms in total. The average Bonchev–Trinajstić information content (AvgIpc) is 2.94. The molecule has 1 aromatic heterocycles. The molecule has 3 unspecified atom stereocenters. The molecule has 3 atom stereocenters. The summed E-state index contributed by atoms with van der Waals surface area (Å²) < 4.78 is 4.77. The molecular formula is C13H18N2O2. The molecule has 1 amide bonds. The second-order valence-electron chi connectivity index (χ2n) is 5.29. The number of aromatic nitrogens is 1. The predicted molar refractivity (Wildman–Crippen MR) is 62.5 cm³/mol. The van der Waals surface area contributed by atoms with Crippen LogP contribution in [0.2, 0.25) is 0 Å². The number of rotatable bonds is 1. The second-order valence-corrected chi connectivity index (χ2v) is 5.29. The number of fused-ring (bicyclic) bond motifs is 1. The van der Waals surface area contributed by atoms with Crippen LogP contribution in [-0.2, 0) is 0 Å². The average molecular weight is 234 g/mol. The van der Waals surface area contributed by atoms with Crippen molar-refractivity contribution in [2.75, 3.05) is 0 Å². The maximum absolute atomic E-state index is 12.4. The molecule has 1 aromatic rings. The van der Waals surface area contributed by atoms with Crippen molar-refractivity contribution in [3.05, 3.63) is 18.0 Å². The van der Waals surface area contributed by atoms with E-state index in [0.717, 1.165) is 12.8 Å². The third-order valence-corrected chi connectivity index (χ3v) is 4.24. The summed E-state index contributed by atoms with van der Waals surface area (Å²) in [6.45, 7) is 2.15. The van der Waals surface area contributed by atoms with Gasteiger partial charge in [0.25, 0.3) is 5.91 Å². The molecule has 2 heterocycles. The van der Waals surface area contributed by atoms with Crippen molar-refractivity contribution in [1.29, 1.82) is 0 Å². The molecule has 1 aliphatic heterocycles. The van der Waals surface area contributed by atoms with Crippen LogP contribution < -0.4 is 0 Å². The first-order chi connectivity index (χ1) is 8.27. The van der Waals surface area contributed by atoms with Gasteiger partial charge < -0.3 is 9.42 Å². The highest BCUT2D eigenvalue weighted by Gasteiger charge is 2.43. The number of carbonyl (C=O) groups is 1. The van der Waals surface area contributed by atoms with E-state index < -0.39 is 0 Å². The minimum atomic E-state index is 0.0423. The topological polar surface area (TPSA) is 46.3 Å². The Hall–Kier alpha value is -1.32. The quantitative estimate of drug-likeness (QED) is 0.750. The Balaban J connectivity index is 1.84. The molecule has 1 aliphatic carbocycles. The molecular weight excluding hydrogens is 216 g/mol. The smallest absolute Gasteiger partial charge is 0.276 e. The van der Waals surface area contributed by atoms with E-state index in [4.69, 9.17) is 4.52 Å². The van der Waals surface area contributed by atoms with E-state index in [9.17, 15) is 4.79 Å². The summed E-state index contributed by atoms with van der Waals surface area (Å²) in [7, 11) is 0. The third-order valence-electron chi connectivity index (χ3n) is 4.24. The summed E-state index contributed by atoms with van der Waals surface area (Å²) in [4.78, 5) is 14.4. The SMILES string of the molecule is CC1CC2CCCCC2N1C(=O)c1ccon1. The molecule has 4 heteroatoms. The molecule has 17 heavy (non-hydrogen) atoms. The first-order valence-corrected chi connectivity index (χ1v) is 6.50. The number of amides is 1. The van der Waals surface area contributed by atoms with E-state index in [-0.39, 0.29) is 5.91 Å². The Morgan fingerprint density at radius 2 is 2.29 bits per heavy atom. The lowest BCUT2D eigenvalue weighted by atomic mass is 9.85. The van der Waals surface area contributed by atoms with E-state index >= 15 is 0 Å². The normalized spacial score (nSPS) is 32.5. The minimum absolute atomic E-state index is 0.0423. The van der Waals surface area contributed by atoms with Crippen LogP contribution in [0.15, 0.2) is 16.9 Å². The van der Waals surface area contributed by atoms with Crippen LogP contribution in [0.25, 0.3) is 0 Å². The van der Waals surface area contributed by atoms with Gasteiger partial charge in [0.2, 0.25) is 0 Å². The van der Waals surface area contributed by atoms with Gasteiger partial charge in [-0.05, 0) is 32.1 Å². The zero-order valence-corrected chi connectivity index (χ0v) is 10.1. The lowest BCUT2D eigenvalue weighted by Gasteiger charge is -2.32. The van der Waals surface area contributed by atoms with Gasteiger partial charge in [-0.3, -0.25) is 4.79 Å². The highest BCUT2D eigenvalue weighted by Crippen LogP contribution is 2.40. The Morgan fingerprint density at radius 1 is 1.47 bits per heavy atom. The van der Waals surface area contributed by atoms with Crippen molar-refractivity contribution in [2.45, 2.75) is 51.1 Å². The summed E-state index contributed by atoms with van der Waals surface area (Å²) in [6.07, 6.45) is 7.60. The molecule has 0 spiro atoms. The van der Waals surface area contributed by atoms with Gasteiger partial charge in [0.1, 0.15) is 6.26 Å². The van der Waals surface area contributed by atoms with Crippen LogP contribution in [0.5, 0.6) is 0 Å². The molecule has 92 valence electrons. The first-order valence-electron chi connectivity index (χ1n) is 6.50. The molecule has 2 fully saturated rings. The van der Waals surface area contributed by atoms with E-state index in [0.29, 0.717) is 23.7 Å². The summed E-state index contributed by atoms with van der Waals surface area (Å²) in [5.74, 6) is 0.746. The highest BCUT2D eigenvalue weighted by molar-refractivity contribution is 5.92. The van der Waals surface area contributed by atoms with Crippen molar-refractivity contribution in [2.24, 2.45) is 5.92 Å². The predicted octanol–water partition coefficient (Wildman–Crippen LogP) is 2.47. The summed E-state index contributed by atoms with van der Waals surface area (Å²) in [6, 6.07) is 2.43. The fraction of sp³-hybridized carbons (Fsp3) is 0.692. The van der Waals surface area contributed by atoms with Gasteiger partial charge in [-0.25, -0.2) is 0 Å². The number of nitrogens with zero attached hydrogens (tertiary/aromatic N) is 2. The van der Waals surface area contributed by atoms with Crippen LogP contribution in [0.3, 0.4) is 0 Å². The number of likely N-dealkylation sites (tertiary alicyclic amines) is 1. The van der Waals surface area contributed by atoms with Gasteiger partial charge in [0, 0.05) is 18.2 Å². The van der Waals surface area contributed by atoms with Gasteiger partial charge in [0.15, 0.2) is 5.69 Å². The molecule has 2 aliphatic rings. The lowest BCUT2D eigenvalue weighted by Crippen LogP contribution is -2.42. The fourth-order valence-corrected chi connectivity index (χ4v) is 3.51. The van der Waals surface area contributed by atoms with Crippen LogP contribution in [0.1, 0.15) is 49.5 Å². The summed E-state index contributed by atoms with van der Waals surface area (Å²) >= 11 is 0. The van der Waals surface area contributed by atoms with Crippen molar-refractivity contribution >= 4 is 5.91 Å². The third kappa shape index (κ3) is 1.75. The molecule has 3 rings (SSSR count). The van der Waals surface area contributed by atoms with E-state index in [1.54, 1.807) is 6.07 Å². The van der Waals surface area contributed by atoms with Crippen molar-refractivity contribution in [1.82, 2.24) is 10.1 Å². The fourth-order valence-electron chi connectivity index (χ4n) is 3.51. The van der Waals surface area contributed by atoms with E-state index in [1.165, 1.54) is 25.5 Å². The monoisotopic (exact) mass is 234 g/mol. The Labute approximate surface area is 101 Å². The van der Waals surface area contributed by atoms with Crippen LogP contribution in [-0.4, -0.2) is 28.0 Å². The largest absolute Gasteiger partial charge is 0.364 e. The van der Waals surface area contributed by atoms with Gasteiger partial charge in [-0.2, -0.15) is 0 Å². The number of hydrogen-bond donors (Lipinski definition) is 0. The maximum atomic E-state index is 12.4. The van der Waals surface area contributed by atoms with Crippen LogP contribution in [0.4, 0.5) is 0 Å². The minimum Gasteiger partial charge on any atom is -0.364 e.